The molecule has 80 valence electrons. The number of hydrogen-bond acceptors (Lipinski definition) is 4. The molecule has 5 nitrogen and oxygen atoms in total. The molecular formula is C9H11N3O2S. The predicted molar refractivity (Wildman–Crippen MR) is 56.8 cm³/mol. The zero-order valence-electron chi connectivity index (χ0n) is 8.03. The molecule has 15 heavy (non-hydrogen) atoms. The maximum Gasteiger partial charge on any atom is 0.233 e. The van der Waals surface area contributed by atoms with Gasteiger partial charge in [-0.3, -0.25) is 4.79 Å². The van der Waals surface area contributed by atoms with Crippen molar-refractivity contribution in [1.82, 2.24) is 10.5 Å². The number of carbonyl (C=O) groups excluding carboxylic acids is 1. The molecular weight excluding hydrogens is 214 g/mol. The van der Waals surface area contributed by atoms with Crippen LogP contribution in [0, 0.1) is 5.41 Å². The summed E-state index contributed by atoms with van der Waals surface area (Å²) in [4.78, 5) is 12.0. The monoisotopic (exact) mass is 225 g/mol. The van der Waals surface area contributed by atoms with Gasteiger partial charge in [0.1, 0.15) is 12.0 Å². The van der Waals surface area contributed by atoms with Gasteiger partial charge in [-0.15, -0.1) is 0 Å². The number of hydrogen-bond donors (Lipinski definition) is 2. The number of nitrogens with one attached hydrogen (secondary N) is 1. The molecule has 6 heteroatoms. The normalized spacial score (nSPS) is 17.1. The van der Waals surface area contributed by atoms with Gasteiger partial charge in [0.2, 0.25) is 5.91 Å². The Hall–Kier alpha value is -1.43. The molecule has 1 aromatic heterocycles. The van der Waals surface area contributed by atoms with Gasteiger partial charge in [0.05, 0.1) is 16.9 Å². The zero-order valence-corrected chi connectivity index (χ0v) is 8.84. The van der Waals surface area contributed by atoms with Gasteiger partial charge in [-0.1, -0.05) is 17.4 Å². The maximum absolute atomic E-state index is 11.7. The van der Waals surface area contributed by atoms with E-state index in [9.17, 15) is 4.79 Å². The van der Waals surface area contributed by atoms with Crippen LogP contribution in [0.5, 0.6) is 0 Å². The minimum atomic E-state index is -0.598. The number of nitrogens with two attached hydrogens (primary N) is 1. The van der Waals surface area contributed by atoms with E-state index in [-0.39, 0.29) is 10.9 Å². The van der Waals surface area contributed by atoms with Gasteiger partial charge in [0.15, 0.2) is 0 Å². The number of amides is 1. The van der Waals surface area contributed by atoms with Gasteiger partial charge in [-0.2, -0.15) is 0 Å². The minimum absolute atomic E-state index is 0.113. The highest BCUT2D eigenvalue weighted by Crippen LogP contribution is 2.46. The van der Waals surface area contributed by atoms with Crippen LogP contribution in [-0.4, -0.2) is 16.1 Å². The third-order valence-electron chi connectivity index (χ3n) is 2.58. The summed E-state index contributed by atoms with van der Waals surface area (Å²) in [7, 11) is 0. The zero-order chi connectivity index (χ0) is 10.9. The van der Waals surface area contributed by atoms with Crippen molar-refractivity contribution in [3.8, 4) is 0 Å². The Bertz CT molecular complexity index is 384. The molecule has 1 aromatic rings. The van der Waals surface area contributed by atoms with E-state index in [2.05, 4.69) is 15.0 Å². The summed E-state index contributed by atoms with van der Waals surface area (Å²) in [5, 5.41) is 6.42. The van der Waals surface area contributed by atoms with Crippen LogP contribution < -0.4 is 11.1 Å². The molecule has 3 N–H and O–H groups in total. The van der Waals surface area contributed by atoms with Crippen molar-refractivity contribution < 1.29 is 9.32 Å². The summed E-state index contributed by atoms with van der Waals surface area (Å²) < 4.78 is 4.64. The molecule has 0 aliphatic heterocycles. The summed E-state index contributed by atoms with van der Waals surface area (Å²) in [6.45, 7) is 0.347. The van der Waals surface area contributed by atoms with Crippen LogP contribution in [0.4, 0.5) is 0 Å². The van der Waals surface area contributed by atoms with E-state index >= 15 is 0 Å². The Morgan fingerprint density at radius 3 is 2.93 bits per heavy atom. The van der Waals surface area contributed by atoms with E-state index in [0.29, 0.717) is 12.2 Å². The van der Waals surface area contributed by atoms with Crippen LogP contribution >= 0.6 is 12.2 Å². The fraction of sp³-hybridized carbons (Fsp3) is 0.444. The molecule has 2 rings (SSSR count). The Labute approximate surface area is 92.0 Å². The maximum atomic E-state index is 11.7. The first-order chi connectivity index (χ1) is 7.15. The van der Waals surface area contributed by atoms with Gasteiger partial charge < -0.3 is 15.6 Å². The highest BCUT2D eigenvalue weighted by Gasteiger charge is 2.52. The van der Waals surface area contributed by atoms with Gasteiger partial charge in [-0.05, 0) is 12.8 Å². The Balaban J connectivity index is 1.91. The average Bonchev–Trinajstić information content (AvgIpc) is 2.87. The standard InChI is InChI=1S/C9H11N3O2S/c10-7(15)9(2-3-9)8(13)11-5-6-1-4-14-12-6/h1,4H,2-3,5H2,(H2,10,15)(H,11,13). The largest absolute Gasteiger partial charge is 0.392 e. The summed E-state index contributed by atoms with van der Waals surface area (Å²) in [6, 6.07) is 1.70. The van der Waals surface area contributed by atoms with Crippen LogP contribution in [0.25, 0.3) is 0 Å². The third kappa shape index (κ3) is 1.85. The van der Waals surface area contributed by atoms with Crippen molar-refractivity contribution in [2.75, 3.05) is 0 Å². The number of thiocarbonyl (C=S) groups is 1. The third-order valence-corrected chi connectivity index (χ3v) is 2.97. The number of rotatable bonds is 4. The van der Waals surface area contributed by atoms with Crippen molar-refractivity contribution in [2.45, 2.75) is 19.4 Å². The Morgan fingerprint density at radius 2 is 2.47 bits per heavy atom. The summed E-state index contributed by atoms with van der Waals surface area (Å²) in [6.07, 6.45) is 2.95. The van der Waals surface area contributed by atoms with Crippen molar-refractivity contribution >= 4 is 23.1 Å². The van der Waals surface area contributed by atoms with Gasteiger partial charge >= 0.3 is 0 Å². The summed E-state index contributed by atoms with van der Waals surface area (Å²) >= 11 is 4.87. The molecule has 0 saturated heterocycles. The van der Waals surface area contributed by atoms with E-state index < -0.39 is 5.41 Å². The van der Waals surface area contributed by atoms with Crippen molar-refractivity contribution in [3.63, 3.8) is 0 Å². The average molecular weight is 225 g/mol. The minimum Gasteiger partial charge on any atom is -0.392 e. The lowest BCUT2D eigenvalue weighted by atomic mass is 10.1. The van der Waals surface area contributed by atoms with Crippen molar-refractivity contribution in [2.24, 2.45) is 11.1 Å². The predicted octanol–water partition coefficient (Wildman–Crippen LogP) is 0.357. The number of carbonyl (C=O) groups is 1. The molecule has 1 saturated carbocycles. The lowest BCUT2D eigenvalue weighted by molar-refractivity contribution is -0.124. The molecule has 1 aliphatic rings. The first-order valence-electron chi connectivity index (χ1n) is 4.63. The summed E-state index contributed by atoms with van der Waals surface area (Å²) in [5.74, 6) is -0.113. The quantitative estimate of drug-likeness (QED) is 0.723. The second kappa shape index (κ2) is 3.62. The molecule has 0 bridgehead atoms. The van der Waals surface area contributed by atoms with Gasteiger partial charge in [0, 0.05) is 6.07 Å². The highest BCUT2D eigenvalue weighted by molar-refractivity contribution is 7.80. The molecule has 1 aliphatic carbocycles. The van der Waals surface area contributed by atoms with E-state index in [1.165, 1.54) is 6.26 Å². The molecule has 1 amide bonds. The van der Waals surface area contributed by atoms with Gasteiger partial charge in [-0.25, -0.2) is 0 Å². The van der Waals surface area contributed by atoms with Gasteiger partial charge in [0.25, 0.3) is 0 Å². The first-order valence-corrected chi connectivity index (χ1v) is 5.03. The van der Waals surface area contributed by atoms with Crippen LogP contribution in [0.15, 0.2) is 16.9 Å². The van der Waals surface area contributed by atoms with Crippen LogP contribution in [0.2, 0.25) is 0 Å². The highest BCUT2D eigenvalue weighted by atomic mass is 32.1. The summed E-state index contributed by atoms with van der Waals surface area (Å²) in [5.41, 5.74) is 5.60. The van der Waals surface area contributed by atoms with E-state index in [0.717, 1.165) is 12.8 Å². The van der Waals surface area contributed by atoms with Crippen molar-refractivity contribution in [1.29, 1.82) is 0 Å². The molecule has 0 unspecified atom stereocenters. The molecule has 1 heterocycles. The first kappa shape index (κ1) is 10.1. The second-order valence-electron chi connectivity index (χ2n) is 3.62. The lowest BCUT2D eigenvalue weighted by Crippen LogP contribution is -2.39. The van der Waals surface area contributed by atoms with E-state index in [1.54, 1.807) is 6.07 Å². The fourth-order valence-electron chi connectivity index (χ4n) is 1.38. The van der Waals surface area contributed by atoms with E-state index in [1.807, 2.05) is 0 Å². The molecule has 0 radical (unpaired) electrons. The second-order valence-corrected chi connectivity index (χ2v) is 4.06. The fourth-order valence-corrected chi connectivity index (χ4v) is 1.68. The van der Waals surface area contributed by atoms with E-state index in [4.69, 9.17) is 18.0 Å². The number of aromatic nitrogens is 1. The van der Waals surface area contributed by atoms with Crippen LogP contribution in [0.3, 0.4) is 0 Å². The van der Waals surface area contributed by atoms with Crippen LogP contribution in [0.1, 0.15) is 18.5 Å². The number of nitrogens with zero attached hydrogens (tertiary/aromatic N) is 1. The SMILES string of the molecule is NC(=S)C1(C(=O)NCc2ccon2)CC1. The Morgan fingerprint density at radius 1 is 1.73 bits per heavy atom. The lowest BCUT2D eigenvalue weighted by Gasteiger charge is -2.12. The van der Waals surface area contributed by atoms with Crippen LogP contribution in [-0.2, 0) is 11.3 Å². The Kier molecular flexibility index (Phi) is 2.44. The van der Waals surface area contributed by atoms with Crippen molar-refractivity contribution in [3.05, 3.63) is 18.0 Å². The molecule has 0 atom stereocenters. The molecule has 1 fully saturated rings. The smallest absolute Gasteiger partial charge is 0.233 e. The topological polar surface area (TPSA) is 81.2 Å². The molecule has 0 aromatic carbocycles. The molecule has 0 spiro atoms.